The number of benzene rings is 2. The van der Waals surface area contributed by atoms with E-state index < -0.39 is 29.8 Å². The van der Waals surface area contributed by atoms with Gasteiger partial charge in [-0.05, 0) is 35.7 Å². The van der Waals surface area contributed by atoms with Crippen molar-refractivity contribution in [2.75, 3.05) is 19.0 Å². The molecule has 2 aliphatic rings. The minimum Gasteiger partial charge on any atom is -0.394 e. The Kier molecular flexibility index (Phi) is 6.02. The van der Waals surface area contributed by atoms with Crippen molar-refractivity contribution in [3.63, 3.8) is 0 Å². The highest BCUT2D eigenvalue weighted by atomic mass is 16.3. The Morgan fingerprint density at radius 3 is 2.50 bits per heavy atom. The zero-order chi connectivity index (χ0) is 23.0. The number of hydrogen-bond acceptors (Lipinski definition) is 4. The number of amides is 3. The third-order valence-corrected chi connectivity index (χ3v) is 6.78. The third kappa shape index (κ3) is 3.66. The van der Waals surface area contributed by atoms with Gasteiger partial charge in [0.1, 0.15) is 6.04 Å². The van der Waals surface area contributed by atoms with Crippen LogP contribution in [0.15, 0.2) is 54.6 Å². The SMILES string of the molecule is CNC(=O)[C@H]1[C@@H]2C(=O)N([C@H](C)CO)[C@H](C(=O)Nc3ccc4ccccc4c3)[C@H]2C=C[C@H]1C. The summed E-state index contributed by atoms with van der Waals surface area (Å²) in [7, 11) is 1.56. The molecule has 1 fully saturated rings. The maximum atomic E-state index is 13.5. The fourth-order valence-electron chi connectivity index (χ4n) is 5.16. The molecule has 1 heterocycles. The van der Waals surface area contributed by atoms with Gasteiger partial charge in [0.15, 0.2) is 0 Å². The van der Waals surface area contributed by atoms with E-state index in [0.717, 1.165) is 10.8 Å². The lowest BCUT2D eigenvalue weighted by molar-refractivity contribution is -0.142. The summed E-state index contributed by atoms with van der Waals surface area (Å²) < 4.78 is 0. The molecule has 168 valence electrons. The number of aliphatic hydroxyl groups is 1. The summed E-state index contributed by atoms with van der Waals surface area (Å²) in [4.78, 5) is 41.1. The number of aliphatic hydroxyl groups excluding tert-OH is 1. The first-order chi connectivity index (χ1) is 15.4. The highest BCUT2D eigenvalue weighted by molar-refractivity contribution is 6.03. The first kappa shape index (κ1) is 22.0. The van der Waals surface area contributed by atoms with Crippen LogP contribution in [0.5, 0.6) is 0 Å². The molecular formula is C25H29N3O4. The molecular weight excluding hydrogens is 406 g/mol. The maximum absolute atomic E-state index is 13.5. The fraction of sp³-hybridized carbons (Fsp3) is 0.400. The number of carbonyl (C=O) groups is 3. The van der Waals surface area contributed by atoms with Crippen molar-refractivity contribution in [1.82, 2.24) is 10.2 Å². The predicted molar refractivity (Wildman–Crippen MR) is 123 cm³/mol. The molecule has 2 aromatic carbocycles. The van der Waals surface area contributed by atoms with Gasteiger partial charge in [0, 0.05) is 18.7 Å². The van der Waals surface area contributed by atoms with Crippen molar-refractivity contribution in [2.45, 2.75) is 25.9 Å². The number of carbonyl (C=O) groups excluding carboxylic acids is 3. The van der Waals surface area contributed by atoms with Crippen molar-refractivity contribution in [1.29, 1.82) is 0 Å². The topological polar surface area (TPSA) is 98.7 Å². The van der Waals surface area contributed by atoms with Gasteiger partial charge in [0.05, 0.1) is 24.5 Å². The fourth-order valence-corrected chi connectivity index (χ4v) is 5.16. The number of hydrogen-bond donors (Lipinski definition) is 3. The number of nitrogens with one attached hydrogen (secondary N) is 2. The molecule has 0 radical (unpaired) electrons. The summed E-state index contributed by atoms with van der Waals surface area (Å²) in [6.07, 6.45) is 3.80. The van der Waals surface area contributed by atoms with Gasteiger partial charge in [-0.1, -0.05) is 49.4 Å². The Morgan fingerprint density at radius 2 is 1.81 bits per heavy atom. The van der Waals surface area contributed by atoms with Gasteiger partial charge < -0.3 is 20.6 Å². The first-order valence-corrected chi connectivity index (χ1v) is 11.0. The van der Waals surface area contributed by atoms with Crippen molar-refractivity contribution in [3.8, 4) is 0 Å². The average molecular weight is 436 g/mol. The van der Waals surface area contributed by atoms with Gasteiger partial charge in [-0.2, -0.15) is 0 Å². The minimum absolute atomic E-state index is 0.131. The van der Waals surface area contributed by atoms with Gasteiger partial charge in [0.2, 0.25) is 17.7 Å². The van der Waals surface area contributed by atoms with Crippen LogP contribution >= 0.6 is 0 Å². The quantitative estimate of drug-likeness (QED) is 0.627. The van der Waals surface area contributed by atoms with Crippen LogP contribution in [0.25, 0.3) is 10.8 Å². The van der Waals surface area contributed by atoms with Crippen LogP contribution in [0.1, 0.15) is 13.8 Å². The largest absolute Gasteiger partial charge is 0.394 e. The molecule has 4 rings (SSSR count). The van der Waals surface area contributed by atoms with Crippen molar-refractivity contribution in [3.05, 3.63) is 54.6 Å². The maximum Gasteiger partial charge on any atom is 0.247 e. The highest BCUT2D eigenvalue weighted by Gasteiger charge is 2.57. The number of allylic oxidation sites excluding steroid dienone is 1. The van der Waals surface area contributed by atoms with Crippen LogP contribution < -0.4 is 10.6 Å². The second kappa shape index (κ2) is 8.74. The Labute approximate surface area is 187 Å². The van der Waals surface area contributed by atoms with E-state index in [4.69, 9.17) is 0 Å². The van der Waals surface area contributed by atoms with Crippen molar-refractivity contribution in [2.24, 2.45) is 23.7 Å². The molecule has 7 nitrogen and oxygen atoms in total. The Morgan fingerprint density at radius 1 is 1.09 bits per heavy atom. The molecule has 0 bridgehead atoms. The summed E-state index contributed by atoms with van der Waals surface area (Å²) in [5.41, 5.74) is 0.636. The smallest absolute Gasteiger partial charge is 0.247 e. The van der Waals surface area contributed by atoms with E-state index in [2.05, 4.69) is 10.6 Å². The molecule has 6 atom stereocenters. The average Bonchev–Trinajstić information content (AvgIpc) is 3.10. The van der Waals surface area contributed by atoms with E-state index in [-0.39, 0.29) is 30.2 Å². The Bertz CT molecular complexity index is 1080. The van der Waals surface area contributed by atoms with Gasteiger partial charge in [0.25, 0.3) is 0 Å². The Hall–Kier alpha value is -3.19. The summed E-state index contributed by atoms with van der Waals surface area (Å²) >= 11 is 0. The number of likely N-dealkylation sites (tertiary alicyclic amines) is 1. The summed E-state index contributed by atoms with van der Waals surface area (Å²) in [5.74, 6) is -2.58. The lowest BCUT2D eigenvalue weighted by Crippen LogP contribution is -2.49. The summed E-state index contributed by atoms with van der Waals surface area (Å²) in [6.45, 7) is 3.35. The molecule has 3 amide bonds. The van der Waals surface area contributed by atoms with Gasteiger partial charge in [-0.25, -0.2) is 0 Å². The molecule has 7 heteroatoms. The minimum atomic E-state index is -0.808. The van der Waals surface area contributed by atoms with Crippen LogP contribution in [0.3, 0.4) is 0 Å². The number of anilines is 1. The van der Waals surface area contributed by atoms with E-state index in [9.17, 15) is 19.5 Å². The number of fused-ring (bicyclic) bond motifs is 2. The normalized spacial score (nSPS) is 27.8. The molecule has 3 N–H and O–H groups in total. The second-order valence-corrected chi connectivity index (χ2v) is 8.76. The second-order valence-electron chi connectivity index (χ2n) is 8.76. The van der Waals surface area contributed by atoms with E-state index in [0.29, 0.717) is 5.69 Å². The van der Waals surface area contributed by atoms with E-state index in [1.807, 2.05) is 61.5 Å². The predicted octanol–water partition coefficient (Wildman–Crippen LogP) is 2.17. The number of rotatable bonds is 5. The standard InChI is InChI=1S/C25H29N3O4/c1-14-8-11-19-21(20(14)23(30)26-3)25(32)28(15(2)13-29)22(19)24(31)27-18-10-9-16-6-4-5-7-17(16)12-18/h4-12,14-15,19-22,29H,13H2,1-3H3,(H,26,30)(H,27,31)/t14-,15-,19+,20-,21-,22+/m1/s1. The lowest BCUT2D eigenvalue weighted by Gasteiger charge is -2.32. The zero-order valence-corrected chi connectivity index (χ0v) is 18.5. The van der Waals surface area contributed by atoms with E-state index >= 15 is 0 Å². The third-order valence-electron chi connectivity index (χ3n) is 6.78. The van der Waals surface area contributed by atoms with Crippen LogP contribution in [-0.2, 0) is 14.4 Å². The monoisotopic (exact) mass is 435 g/mol. The highest BCUT2D eigenvalue weighted by Crippen LogP contribution is 2.44. The van der Waals surface area contributed by atoms with Gasteiger partial charge in [-0.15, -0.1) is 0 Å². The summed E-state index contributed by atoms with van der Waals surface area (Å²) in [6, 6.07) is 12.2. The van der Waals surface area contributed by atoms with Crippen molar-refractivity contribution < 1.29 is 19.5 Å². The van der Waals surface area contributed by atoms with Crippen LogP contribution in [0.2, 0.25) is 0 Å². The van der Waals surface area contributed by atoms with Crippen LogP contribution in [-0.4, -0.2) is 53.5 Å². The van der Waals surface area contributed by atoms with Gasteiger partial charge in [-0.3, -0.25) is 14.4 Å². The molecule has 0 unspecified atom stereocenters. The zero-order valence-electron chi connectivity index (χ0n) is 18.5. The molecule has 0 spiro atoms. The van der Waals surface area contributed by atoms with Crippen LogP contribution in [0.4, 0.5) is 5.69 Å². The number of nitrogens with zero attached hydrogens (tertiary/aromatic N) is 1. The molecule has 0 aromatic heterocycles. The lowest BCUT2D eigenvalue weighted by atomic mass is 9.70. The molecule has 2 aromatic rings. The summed E-state index contributed by atoms with van der Waals surface area (Å²) in [5, 5.41) is 17.5. The molecule has 1 aliphatic carbocycles. The first-order valence-electron chi connectivity index (χ1n) is 11.0. The van der Waals surface area contributed by atoms with Gasteiger partial charge >= 0.3 is 0 Å². The Balaban J connectivity index is 1.69. The molecule has 32 heavy (non-hydrogen) atoms. The molecule has 1 saturated heterocycles. The van der Waals surface area contributed by atoms with Crippen LogP contribution in [0, 0.1) is 23.7 Å². The molecule has 0 saturated carbocycles. The van der Waals surface area contributed by atoms with E-state index in [1.54, 1.807) is 14.0 Å². The van der Waals surface area contributed by atoms with E-state index in [1.165, 1.54) is 4.90 Å². The molecule has 1 aliphatic heterocycles. The van der Waals surface area contributed by atoms with Crippen molar-refractivity contribution >= 4 is 34.2 Å².